The number of aryl methyl sites for hydroxylation is 2. The van der Waals surface area contributed by atoms with Crippen molar-refractivity contribution in [2.24, 2.45) is 0 Å². The SMILES string of the molecule is COC(=O)c1cc(C2CNCCO2)c(C)cc1C. The summed E-state index contributed by atoms with van der Waals surface area (Å²) < 4.78 is 10.5. The normalized spacial score (nSPS) is 19.6. The second-order valence-electron chi connectivity index (χ2n) is 4.58. The second-order valence-corrected chi connectivity index (χ2v) is 4.58. The van der Waals surface area contributed by atoms with Gasteiger partial charge in [0.15, 0.2) is 0 Å². The summed E-state index contributed by atoms with van der Waals surface area (Å²) in [7, 11) is 1.40. The molecule has 0 aliphatic carbocycles. The molecule has 98 valence electrons. The van der Waals surface area contributed by atoms with Crippen molar-refractivity contribution in [2.45, 2.75) is 20.0 Å². The zero-order valence-electron chi connectivity index (χ0n) is 11.1. The molecule has 1 N–H and O–H groups in total. The molecule has 4 heteroatoms. The number of nitrogens with one attached hydrogen (secondary N) is 1. The van der Waals surface area contributed by atoms with E-state index in [2.05, 4.69) is 5.32 Å². The monoisotopic (exact) mass is 249 g/mol. The maximum absolute atomic E-state index is 11.7. The highest BCUT2D eigenvalue weighted by Crippen LogP contribution is 2.26. The molecule has 1 aliphatic heterocycles. The Bertz CT molecular complexity index is 451. The zero-order valence-corrected chi connectivity index (χ0v) is 11.1. The topological polar surface area (TPSA) is 47.6 Å². The summed E-state index contributed by atoms with van der Waals surface area (Å²) in [6.45, 7) is 6.33. The standard InChI is InChI=1S/C14H19NO3/c1-9-6-10(2)12(14(16)17-3)7-11(9)13-8-15-4-5-18-13/h6-7,13,15H,4-5,8H2,1-3H3. The van der Waals surface area contributed by atoms with Crippen molar-refractivity contribution >= 4 is 5.97 Å². The molecule has 1 heterocycles. The highest BCUT2D eigenvalue weighted by molar-refractivity contribution is 5.91. The summed E-state index contributed by atoms with van der Waals surface area (Å²) in [4.78, 5) is 11.7. The molecule has 1 aromatic carbocycles. The van der Waals surface area contributed by atoms with Crippen LogP contribution in [0.15, 0.2) is 12.1 Å². The fourth-order valence-electron chi connectivity index (χ4n) is 2.31. The van der Waals surface area contributed by atoms with Gasteiger partial charge in [0.2, 0.25) is 0 Å². The lowest BCUT2D eigenvalue weighted by Crippen LogP contribution is -2.33. The summed E-state index contributed by atoms with van der Waals surface area (Å²) >= 11 is 0. The van der Waals surface area contributed by atoms with Gasteiger partial charge >= 0.3 is 5.97 Å². The first-order valence-corrected chi connectivity index (χ1v) is 6.15. The first kappa shape index (κ1) is 13.1. The van der Waals surface area contributed by atoms with Crippen LogP contribution in [0.4, 0.5) is 0 Å². The lowest BCUT2D eigenvalue weighted by atomic mass is 9.96. The summed E-state index contributed by atoms with van der Waals surface area (Å²) in [5, 5.41) is 3.30. The van der Waals surface area contributed by atoms with Gasteiger partial charge in [-0.2, -0.15) is 0 Å². The summed E-state index contributed by atoms with van der Waals surface area (Å²) in [6.07, 6.45) is 0.0164. The van der Waals surface area contributed by atoms with Gasteiger partial charge in [0.1, 0.15) is 0 Å². The molecule has 0 bridgehead atoms. The third-order valence-corrected chi connectivity index (χ3v) is 3.29. The van der Waals surface area contributed by atoms with Gasteiger partial charge < -0.3 is 14.8 Å². The van der Waals surface area contributed by atoms with Crippen LogP contribution in [-0.4, -0.2) is 32.8 Å². The Labute approximate surface area is 107 Å². The van der Waals surface area contributed by atoms with Crippen molar-refractivity contribution in [3.05, 3.63) is 34.4 Å². The number of benzene rings is 1. The largest absolute Gasteiger partial charge is 0.465 e. The number of carbonyl (C=O) groups excluding carboxylic acids is 1. The molecular formula is C14H19NO3. The number of esters is 1. The quantitative estimate of drug-likeness (QED) is 0.811. The Balaban J connectivity index is 2.37. The van der Waals surface area contributed by atoms with Gasteiger partial charge in [-0.05, 0) is 36.6 Å². The van der Waals surface area contributed by atoms with Crippen LogP contribution in [0, 0.1) is 13.8 Å². The maximum Gasteiger partial charge on any atom is 0.338 e. The molecule has 0 radical (unpaired) electrons. The third-order valence-electron chi connectivity index (χ3n) is 3.29. The predicted octanol–water partition coefficient (Wildman–Crippen LogP) is 1.75. The molecule has 1 atom stereocenters. The van der Waals surface area contributed by atoms with E-state index in [1.165, 1.54) is 7.11 Å². The molecule has 1 saturated heterocycles. The number of hydrogen-bond acceptors (Lipinski definition) is 4. The van der Waals surface area contributed by atoms with E-state index < -0.39 is 0 Å². The van der Waals surface area contributed by atoms with Crippen molar-refractivity contribution < 1.29 is 14.3 Å². The van der Waals surface area contributed by atoms with Crippen LogP contribution in [0.25, 0.3) is 0 Å². The molecule has 0 aromatic heterocycles. The summed E-state index contributed by atoms with van der Waals surface area (Å²) in [5.74, 6) is -0.294. The smallest absolute Gasteiger partial charge is 0.338 e. The second kappa shape index (κ2) is 5.50. The van der Waals surface area contributed by atoms with Crippen molar-refractivity contribution in [1.82, 2.24) is 5.32 Å². The van der Waals surface area contributed by atoms with Gasteiger partial charge in [0.25, 0.3) is 0 Å². The van der Waals surface area contributed by atoms with Crippen molar-refractivity contribution in [1.29, 1.82) is 0 Å². The van der Waals surface area contributed by atoms with E-state index in [-0.39, 0.29) is 12.1 Å². The molecule has 1 fully saturated rings. The highest BCUT2D eigenvalue weighted by Gasteiger charge is 2.20. The van der Waals surface area contributed by atoms with Gasteiger partial charge in [0.05, 0.1) is 25.4 Å². The minimum atomic E-state index is -0.294. The van der Waals surface area contributed by atoms with E-state index in [4.69, 9.17) is 9.47 Å². The first-order chi connectivity index (χ1) is 8.63. The zero-order chi connectivity index (χ0) is 13.1. The maximum atomic E-state index is 11.7. The molecule has 0 amide bonds. The van der Waals surface area contributed by atoms with E-state index >= 15 is 0 Å². The lowest BCUT2D eigenvalue weighted by Gasteiger charge is -2.26. The van der Waals surface area contributed by atoms with Crippen LogP contribution in [0.5, 0.6) is 0 Å². The van der Waals surface area contributed by atoms with E-state index in [1.807, 2.05) is 26.0 Å². The molecule has 1 aromatic rings. The summed E-state index contributed by atoms with van der Waals surface area (Å²) in [5.41, 5.74) is 3.76. The average Bonchev–Trinajstić information content (AvgIpc) is 2.39. The highest BCUT2D eigenvalue weighted by atomic mass is 16.5. The van der Waals surface area contributed by atoms with E-state index in [0.717, 1.165) is 29.8 Å². The number of hydrogen-bond donors (Lipinski definition) is 1. The molecule has 0 saturated carbocycles. The third kappa shape index (κ3) is 2.54. The molecule has 1 unspecified atom stereocenters. The van der Waals surface area contributed by atoms with Gasteiger partial charge in [0, 0.05) is 13.1 Å². The fourth-order valence-corrected chi connectivity index (χ4v) is 2.31. The molecule has 4 nitrogen and oxygen atoms in total. The van der Waals surface area contributed by atoms with E-state index in [1.54, 1.807) is 0 Å². The van der Waals surface area contributed by atoms with Crippen LogP contribution < -0.4 is 5.32 Å². The molecule has 1 aliphatic rings. The van der Waals surface area contributed by atoms with E-state index in [0.29, 0.717) is 12.2 Å². The number of ether oxygens (including phenoxy) is 2. The van der Waals surface area contributed by atoms with E-state index in [9.17, 15) is 4.79 Å². The number of methoxy groups -OCH3 is 1. The fraction of sp³-hybridized carbons (Fsp3) is 0.500. The minimum absolute atomic E-state index is 0.0164. The number of morpholine rings is 1. The van der Waals surface area contributed by atoms with Crippen molar-refractivity contribution in [2.75, 3.05) is 26.8 Å². The van der Waals surface area contributed by atoms with Gasteiger partial charge in [-0.1, -0.05) is 6.07 Å². The van der Waals surface area contributed by atoms with Crippen LogP contribution in [0.2, 0.25) is 0 Å². The van der Waals surface area contributed by atoms with Crippen LogP contribution >= 0.6 is 0 Å². The van der Waals surface area contributed by atoms with Crippen molar-refractivity contribution in [3.63, 3.8) is 0 Å². The first-order valence-electron chi connectivity index (χ1n) is 6.15. The Morgan fingerprint density at radius 1 is 1.39 bits per heavy atom. The Morgan fingerprint density at radius 2 is 2.17 bits per heavy atom. The van der Waals surface area contributed by atoms with Gasteiger partial charge in [-0.3, -0.25) is 0 Å². The number of rotatable bonds is 2. The van der Waals surface area contributed by atoms with Gasteiger partial charge in [-0.15, -0.1) is 0 Å². The van der Waals surface area contributed by atoms with Crippen molar-refractivity contribution in [3.8, 4) is 0 Å². The molecule has 2 rings (SSSR count). The Kier molecular flexibility index (Phi) is 3.99. The Hall–Kier alpha value is -1.39. The molecule has 18 heavy (non-hydrogen) atoms. The predicted molar refractivity (Wildman–Crippen MR) is 68.8 cm³/mol. The molecule has 0 spiro atoms. The molecular weight excluding hydrogens is 230 g/mol. The van der Waals surface area contributed by atoms with Crippen LogP contribution in [0.1, 0.15) is 33.2 Å². The average molecular weight is 249 g/mol. The Morgan fingerprint density at radius 3 is 2.78 bits per heavy atom. The van der Waals surface area contributed by atoms with Crippen LogP contribution in [0.3, 0.4) is 0 Å². The van der Waals surface area contributed by atoms with Crippen LogP contribution in [-0.2, 0) is 9.47 Å². The summed E-state index contributed by atoms with van der Waals surface area (Å²) in [6, 6.07) is 3.91. The lowest BCUT2D eigenvalue weighted by molar-refractivity contribution is 0.0272. The number of carbonyl (C=O) groups is 1. The van der Waals surface area contributed by atoms with Gasteiger partial charge in [-0.25, -0.2) is 4.79 Å². The minimum Gasteiger partial charge on any atom is -0.465 e.